The molecule has 1 heterocycles. The Morgan fingerprint density at radius 2 is 2.06 bits per heavy atom. The Labute approximate surface area is 103 Å². The van der Waals surface area contributed by atoms with Crippen molar-refractivity contribution in [1.29, 1.82) is 0 Å². The summed E-state index contributed by atoms with van der Waals surface area (Å²) in [5.74, 6) is 0.588. The summed E-state index contributed by atoms with van der Waals surface area (Å²) in [4.78, 5) is 2.37. The Bertz CT molecular complexity index is 367. The second-order valence-electron chi connectivity index (χ2n) is 4.96. The molecule has 0 amide bonds. The van der Waals surface area contributed by atoms with E-state index in [2.05, 4.69) is 30.0 Å². The highest BCUT2D eigenvalue weighted by Gasteiger charge is 2.30. The number of benzene rings is 1. The first-order chi connectivity index (χ1) is 8.26. The molecule has 1 aromatic carbocycles. The van der Waals surface area contributed by atoms with Crippen LogP contribution >= 0.6 is 0 Å². The van der Waals surface area contributed by atoms with Gasteiger partial charge in [-0.25, -0.2) is 0 Å². The van der Waals surface area contributed by atoms with Crippen LogP contribution in [0.3, 0.4) is 0 Å². The molecule has 3 heteroatoms. The highest BCUT2D eigenvalue weighted by atomic mass is 16.3. The SMILES string of the molecule is CC1CCN(Cc2ccccc2CN)C1CO. The van der Waals surface area contributed by atoms with Crippen LogP contribution in [0.5, 0.6) is 0 Å². The Kier molecular flexibility index (Phi) is 4.15. The maximum absolute atomic E-state index is 9.45. The van der Waals surface area contributed by atoms with Crippen LogP contribution in [0, 0.1) is 5.92 Å². The largest absolute Gasteiger partial charge is 0.395 e. The molecule has 1 aliphatic heterocycles. The van der Waals surface area contributed by atoms with Gasteiger partial charge < -0.3 is 10.8 Å². The summed E-state index contributed by atoms with van der Waals surface area (Å²) >= 11 is 0. The lowest BCUT2D eigenvalue weighted by molar-refractivity contribution is 0.134. The van der Waals surface area contributed by atoms with Gasteiger partial charge in [0.25, 0.3) is 0 Å². The van der Waals surface area contributed by atoms with Crippen LogP contribution in [-0.4, -0.2) is 29.2 Å². The van der Waals surface area contributed by atoms with Crippen molar-refractivity contribution < 1.29 is 5.11 Å². The Balaban J connectivity index is 2.10. The molecule has 94 valence electrons. The van der Waals surface area contributed by atoms with Gasteiger partial charge >= 0.3 is 0 Å². The molecule has 0 spiro atoms. The van der Waals surface area contributed by atoms with Crippen molar-refractivity contribution in [3.63, 3.8) is 0 Å². The second kappa shape index (κ2) is 5.63. The normalized spacial score (nSPS) is 25.4. The van der Waals surface area contributed by atoms with Crippen molar-refractivity contribution in [2.24, 2.45) is 11.7 Å². The molecular weight excluding hydrogens is 212 g/mol. The first-order valence-electron chi connectivity index (χ1n) is 6.38. The van der Waals surface area contributed by atoms with Crippen molar-refractivity contribution >= 4 is 0 Å². The molecular formula is C14H22N2O. The average Bonchev–Trinajstić information content (AvgIpc) is 2.70. The molecule has 1 aliphatic rings. The number of rotatable bonds is 4. The number of nitrogens with two attached hydrogens (primary N) is 1. The molecule has 0 radical (unpaired) electrons. The number of likely N-dealkylation sites (tertiary alicyclic amines) is 1. The highest BCUT2D eigenvalue weighted by molar-refractivity contribution is 5.27. The standard InChI is InChI=1S/C14H22N2O/c1-11-6-7-16(14(11)10-17)9-13-5-3-2-4-12(13)8-15/h2-5,11,14,17H,6-10,15H2,1H3. The number of nitrogens with zero attached hydrogens (tertiary/aromatic N) is 1. The molecule has 0 bridgehead atoms. The topological polar surface area (TPSA) is 49.5 Å². The van der Waals surface area contributed by atoms with Gasteiger partial charge in [0, 0.05) is 19.1 Å². The van der Waals surface area contributed by atoms with E-state index in [-0.39, 0.29) is 6.61 Å². The lowest BCUT2D eigenvalue weighted by atomic mass is 10.0. The van der Waals surface area contributed by atoms with E-state index in [1.54, 1.807) is 0 Å². The molecule has 1 saturated heterocycles. The van der Waals surface area contributed by atoms with Crippen LogP contribution < -0.4 is 5.73 Å². The molecule has 3 nitrogen and oxygen atoms in total. The maximum atomic E-state index is 9.45. The summed E-state index contributed by atoms with van der Waals surface area (Å²) in [6, 6.07) is 8.62. The van der Waals surface area contributed by atoms with Gasteiger partial charge in [-0.05, 0) is 30.0 Å². The quantitative estimate of drug-likeness (QED) is 0.826. The van der Waals surface area contributed by atoms with Crippen LogP contribution in [0.25, 0.3) is 0 Å². The van der Waals surface area contributed by atoms with E-state index in [1.807, 2.05) is 6.07 Å². The molecule has 0 aliphatic carbocycles. The number of aliphatic hydroxyl groups excluding tert-OH is 1. The van der Waals surface area contributed by atoms with E-state index in [0.717, 1.165) is 13.1 Å². The van der Waals surface area contributed by atoms with Crippen molar-refractivity contribution in [2.45, 2.75) is 32.5 Å². The summed E-state index contributed by atoms with van der Waals surface area (Å²) in [5.41, 5.74) is 8.26. The summed E-state index contributed by atoms with van der Waals surface area (Å²) in [6.07, 6.45) is 1.18. The molecule has 1 fully saturated rings. The monoisotopic (exact) mass is 234 g/mol. The Hall–Kier alpha value is -0.900. The molecule has 0 saturated carbocycles. The lowest BCUT2D eigenvalue weighted by Crippen LogP contribution is -2.35. The van der Waals surface area contributed by atoms with E-state index >= 15 is 0 Å². The predicted molar refractivity (Wildman–Crippen MR) is 69.4 cm³/mol. The van der Waals surface area contributed by atoms with E-state index < -0.39 is 0 Å². The average molecular weight is 234 g/mol. The van der Waals surface area contributed by atoms with Crippen molar-refractivity contribution in [1.82, 2.24) is 4.90 Å². The van der Waals surface area contributed by atoms with Gasteiger partial charge in [-0.3, -0.25) is 4.90 Å². The molecule has 2 unspecified atom stereocenters. The molecule has 2 atom stereocenters. The fourth-order valence-electron chi connectivity index (χ4n) is 2.71. The van der Waals surface area contributed by atoms with Crippen molar-refractivity contribution in [2.75, 3.05) is 13.2 Å². The smallest absolute Gasteiger partial charge is 0.0589 e. The van der Waals surface area contributed by atoms with Crippen molar-refractivity contribution in [3.8, 4) is 0 Å². The third-order valence-electron chi connectivity index (χ3n) is 3.90. The zero-order valence-corrected chi connectivity index (χ0v) is 10.5. The Morgan fingerprint density at radius 3 is 2.71 bits per heavy atom. The molecule has 3 N–H and O–H groups in total. The zero-order valence-electron chi connectivity index (χ0n) is 10.5. The van der Waals surface area contributed by atoms with Crippen LogP contribution in [0.1, 0.15) is 24.5 Å². The van der Waals surface area contributed by atoms with Gasteiger partial charge in [0.2, 0.25) is 0 Å². The van der Waals surface area contributed by atoms with Gasteiger partial charge in [-0.1, -0.05) is 31.2 Å². The minimum atomic E-state index is 0.256. The molecule has 17 heavy (non-hydrogen) atoms. The van der Waals surface area contributed by atoms with Gasteiger partial charge in [-0.2, -0.15) is 0 Å². The Morgan fingerprint density at radius 1 is 1.35 bits per heavy atom. The highest BCUT2D eigenvalue weighted by Crippen LogP contribution is 2.26. The van der Waals surface area contributed by atoms with Crippen LogP contribution in [0.15, 0.2) is 24.3 Å². The summed E-state index contributed by atoms with van der Waals surface area (Å²) < 4.78 is 0. The van der Waals surface area contributed by atoms with Crippen molar-refractivity contribution in [3.05, 3.63) is 35.4 Å². The molecule has 1 aromatic rings. The third kappa shape index (κ3) is 2.68. The van der Waals surface area contributed by atoms with Gasteiger partial charge in [0.15, 0.2) is 0 Å². The molecule has 0 aromatic heterocycles. The first-order valence-corrected chi connectivity index (χ1v) is 6.38. The second-order valence-corrected chi connectivity index (χ2v) is 4.96. The van der Waals surface area contributed by atoms with Gasteiger partial charge in [-0.15, -0.1) is 0 Å². The van der Waals surface area contributed by atoms with E-state index in [4.69, 9.17) is 5.73 Å². The lowest BCUT2D eigenvalue weighted by Gasteiger charge is -2.25. The van der Waals surface area contributed by atoms with Gasteiger partial charge in [0.05, 0.1) is 6.61 Å². The maximum Gasteiger partial charge on any atom is 0.0589 e. The van der Waals surface area contributed by atoms with E-state index in [9.17, 15) is 5.11 Å². The number of hydrogen-bond donors (Lipinski definition) is 2. The number of aliphatic hydroxyl groups is 1. The fourth-order valence-corrected chi connectivity index (χ4v) is 2.71. The summed E-state index contributed by atoms with van der Waals surface area (Å²) in [7, 11) is 0. The first kappa shape index (κ1) is 12.6. The third-order valence-corrected chi connectivity index (χ3v) is 3.90. The van der Waals surface area contributed by atoms with Gasteiger partial charge in [0.1, 0.15) is 0 Å². The van der Waals surface area contributed by atoms with Crippen LogP contribution in [0.4, 0.5) is 0 Å². The van der Waals surface area contributed by atoms with E-state index in [0.29, 0.717) is 18.5 Å². The zero-order chi connectivity index (χ0) is 12.3. The minimum Gasteiger partial charge on any atom is -0.395 e. The fraction of sp³-hybridized carbons (Fsp3) is 0.571. The van der Waals surface area contributed by atoms with Crippen LogP contribution in [0.2, 0.25) is 0 Å². The summed E-state index contributed by atoms with van der Waals surface area (Å²) in [5, 5.41) is 9.45. The minimum absolute atomic E-state index is 0.256. The molecule has 2 rings (SSSR count). The predicted octanol–water partition coefficient (Wildman–Crippen LogP) is 1.35. The van der Waals surface area contributed by atoms with E-state index in [1.165, 1.54) is 17.5 Å². The van der Waals surface area contributed by atoms with Crippen LogP contribution in [-0.2, 0) is 13.1 Å². The summed E-state index contributed by atoms with van der Waals surface area (Å²) in [6.45, 7) is 5.04. The number of hydrogen-bond acceptors (Lipinski definition) is 3.